The number of nitrogens with one attached hydrogen (secondary N) is 2. The number of aromatic amines is 1. The van der Waals surface area contributed by atoms with E-state index in [-0.39, 0.29) is 42.2 Å². The van der Waals surface area contributed by atoms with Crippen LogP contribution >= 0.6 is 0 Å². The lowest BCUT2D eigenvalue weighted by Crippen LogP contribution is -2.56. The summed E-state index contributed by atoms with van der Waals surface area (Å²) in [5.74, 6) is 0.238. The summed E-state index contributed by atoms with van der Waals surface area (Å²) >= 11 is 0. The molecule has 3 heterocycles. The van der Waals surface area contributed by atoms with Gasteiger partial charge in [0.1, 0.15) is 5.60 Å². The molecule has 2 aromatic heterocycles. The second kappa shape index (κ2) is 14.0. The number of H-pyrrole nitrogens is 1. The van der Waals surface area contributed by atoms with Crippen LogP contribution in [0.15, 0.2) is 41.3 Å². The molecule has 248 valence electrons. The first-order chi connectivity index (χ1) is 21.6. The number of hydrogen-bond donors (Lipinski definition) is 2. The first-order valence-corrected chi connectivity index (χ1v) is 16.0. The Bertz CT molecular complexity index is 1610. The van der Waals surface area contributed by atoms with Gasteiger partial charge < -0.3 is 29.6 Å². The Morgan fingerprint density at radius 2 is 1.74 bits per heavy atom. The lowest BCUT2D eigenvalue weighted by Gasteiger charge is -2.47. The van der Waals surface area contributed by atoms with E-state index in [1.165, 1.54) is 0 Å². The number of carbonyl (C=O) groups is 2. The van der Waals surface area contributed by atoms with Gasteiger partial charge in [0, 0.05) is 71.5 Å². The number of aromatic nitrogens is 2. The number of methoxy groups -OCH3 is 1. The molecule has 0 spiro atoms. The van der Waals surface area contributed by atoms with Gasteiger partial charge in [-0.15, -0.1) is 0 Å². The van der Waals surface area contributed by atoms with Crippen LogP contribution in [-0.4, -0.2) is 64.2 Å². The number of ether oxygens (including phenoxy) is 2. The van der Waals surface area contributed by atoms with Crippen LogP contribution in [0.25, 0.3) is 11.1 Å². The van der Waals surface area contributed by atoms with Crippen molar-refractivity contribution < 1.29 is 19.1 Å². The number of nitrogens with zero attached hydrogens (tertiary/aromatic N) is 3. The first kappa shape index (κ1) is 34.5. The summed E-state index contributed by atoms with van der Waals surface area (Å²) in [6, 6.07) is 9.68. The van der Waals surface area contributed by atoms with Gasteiger partial charge in [-0.25, -0.2) is 9.78 Å². The van der Waals surface area contributed by atoms with E-state index >= 15 is 0 Å². The van der Waals surface area contributed by atoms with Crippen molar-refractivity contribution in [2.75, 3.05) is 18.6 Å². The molecule has 1 saturated heterocycles. The minimum Gasteiger partial charge on any atom is -0.481 e. The summed E-state index contributed by atoms with van der Waals surface area (Å²) in [6.45, 7) is 18.4. The van der Waals surface area contributed by atoms with Crippen molar-refractivity contribution in [2.24, 2.45) is 0 Å². The highest BCUT2D eigenvalue weighted by Crippen LogP contribution is 2.36. The number of aryl methyl sites for hydroxylation is 2. The Kier molecular flexibility index (Phi) is 10.5. The number of rotatable bonds is 8. The molecular weight excluding hydrogens is 582 g/mol. The van der Waals surface area contributed by atoms with Gasteiger partial charge in [0.25, 0.3) is 11.5 Å². The topological polar surface area (TPSA) is 117 Å². The molecule has 2 amide bonds. The van der Waals surface area contributed by atoms with Crippen molar-refractivity contribution in [2.45, 2.75) is 105 Å². The van der Waals surface area contributed by atoms with Crippen LogP contribution in [0.5, 0.6) is 5.88 Å². The third-order valence-corrected chi connectivity index (χ3v) is 8.69. The highest BCUT2D eigenvalue weighted by molar-refractivity contribution is 5.99. The van der Waals surface area contributed by atoms with E-state index in [0.29, 0.717) is 23.6 Å². The summed E-state index contributed by atoms with van der Waals surface area (Å²) in [6.07, 6.45) is 2.95. The van der Waals surface area contributed by atoms with Crippen LogP contribution in [-0.2, 0) is 11.3 Å². The number of hydrogen-bond acceptors (Lipinski definition) is 7. The molecule has 0 radical (unpaired) electrons. The number of benzene rings is 1. The largest absolute Gasteiger partial charge is 0.481 e. The second-order valence-corrected chi connectivity index (χ2v) is 13.4. The van der Waals surface area contributed by atoms with Crippen molar-refractivity contribution in [1.29, 1.82) is 0 Å². The molecule has 0 saturated carbocycles. The normalized spacial score (nSPS) is 18.2. The van der Waals surface area contributed by atoms with Crippen molar-refractivity contribution in [3.63, 3.8) is 0 Å². The molecule has 0 bridgehead atoms. The van der Waals surface area contributed by atoms with Gasteiger partial charge in [0.2, 0.25) is 5.88 Å². The van der Waals surface area contributed by atoms with Crippen molar-refractivity contribution >= 4 is 17.7 Å². The summed E-state index contributed by atoms with van der Waals surface area (Å²) in [7, 11) is 1.57. The van der Waals surface area contributed by atoms with E-state index in [9.17, 15) is 14.4 Å². The molecular formula is C36H49N5O5. The minimum atomic E-state index is -0.570. The van der Waals surface area contributed by atoms with Gasteiger partial charge in [0.15, 0.2) is 0 Å². The molecule has 0 aliphatic carbocycles. The van der Waals surface area contributed by atoms with Gasteiger partial charge in [-0.05, 0) is 116 Å². The number of carbonyl (C=O) groups excluding carboxylic acids is 2. The van der Waals surface area contributed by atoms with Crippen LogP contribution < -0.4 is 20.5 Å². The van der Waals surface area contributed by atoms with Crippen molar-refractivity contribution in [3.8, 4) is 17.0 Å². The predicted octanol–water partition coefficient (Wildman–Crippen LogP) is 6.30. The maximum absolute atomic E-state index is 13.9. The quantitative estimate of drug-likeness (QED) is 0.300. The van der Waals surface area contributed by atoms with Crippen LogP contribution in [0.1, 0.15) is 87.1 Å². The fourth-order valence-electron chi connectivity index (χ4n) is 6.54. The number of amides is 2. The number of likely N-dealkylation sites (tertiary alicyclic amines) is 1. The SMILES string of the molecule is CCN(c1cc(-c2ccc(OC)nc2)cc(C(=O)NCc2c(C)cc(C)[nH]c2=O)c1C)C1CC(C)N(C(=O)OC(C)(C)C)[C@H](C)C1. The molecule has 10 heteroatoms. The average Bonchev–Trinajstić information content (AvgIpc) is 2.96. The Morgan fingerprint density at radius 3 is 2.28 bits per heavy atom. The fraction of sp³-hybridized carbons (Fsp3) is 0.500. The molecule has 3 atom stereocenters. The van der Waals surface area contributed by atoms with E-state index in [1.54, 1.807) is 19.4 Å². The molecule has 2 unspecified atom stereocenters. The van der Waals surface area contributed by atoms with Gasteiger partial charge in [0.05, 0.1) is 7.11 Å². The van der Waals surface area contributed by atoms with E-state index < -0.39 is 5.60 Å². The second-order valence-electron chi connectivity index (χ2n) is 13.4. The fourth-order valence-corrected chi connectivity index (χ4v) is 6.54. The zero-order chi connectivity index (χ0) is 33.9. The molecule has 1 aliphatic heterocycles. The Balaban J connectivity index is 1.71. The van der Waals surface area contributed by atoms with Gasteiger partial charge in [-0.1, -0.05) is 0 Å². The summed E-state index contributed by atoms with van der Waals surface area (Å²) in [4.78, 5) is 51.0. The Hall–Kier alpha value is -4.34. The monoisotopic (exact) mass is 631 g/mol. The van der Waals surface area contributed by atoms with Crippen LogP contribution in [0.3, 0.4) is 0 Å². The smallest absolute Gasteiger partial charge is 0.410 e. The summed E-state index contributed by atoms with van der Waals surface area (Å²) in [5.41, 5.74) is 5.36. The van der Waals surface area contributed by atoms with Gasteiger partial charge in [-0.2, -0.15) is 0 Å². The minimum absolute atomic E-state index is 0.0365. The Labute approximate surface area is 272 Å². The molecule has 3 aromatic rings. The third kappa shape index (κ3) is 7.71. The highest BCUT2D eigenvalue weighted by Gasteiger charge is 2.38. The van der Waals surface area contributed by atoms with Crippen LogP contribution in [0, 0.1) is 20.8 Å². The molecule has 10 nitrogen and oxygen atoms in total. The maximum atomic E-state index is 13.9. The van der Waals surface area contributed by atoms with Crippen LogP contribution in [0.4, 0.5) is 10.5 Å². The summed E-state index contributed by atoms with van der Waals surface area (Å²) in [5, 5.41) is 3.00. The number of piperidine rings is 1. The third-order valence-electron chi connectivity index (χ3n) is 8.69. The lowest BCUT2D eigenvalue weighted by molar-refractivity contribution is -0.00252. The molecule has 46 heavy (non-hydrogen) atoms. The van der Waals surface area contributed by atoms with Crippen molar-refractivity contribution in [3.05, 3.63) is 74.8 Å². The first-order valence-electron chi connectivity index (χ1n) is 16.0. The van der Waals surface area contributed by atoms with Crippen LogP contribution in [0.2, 0.25) is 0 Å². The van der Waals surface area contributed by atoms with Crippen molar-refractivity contribution in [1.82, 2.24) is 20.2 Å². The zero-order valence-corrected chi connectivity index (χ0v) is 28.9. The number of anilines is 1. The number of pyridine rings is 2. The molecule has 1 aliphatic rings. The predicted molar refractivity (Wildman–Crippen MR) is 182 cm³/mol. The van der Waals surface area contributed by atoms with E-state index in [0.717, 1.165) is 46.5 Å². The Morgan fingerprint density at radius 1 is 1.07 bits per heavy atom. The lowest BCUT2D eigenvalue weighted by atomic mass is 9.90. The highest BCUT2D eigenvalue weighted by atomic mass is 16.6. The molecule has 1 fully saturated rings. The summed E-state index contributed by atoms with van der Waals surface area (Å²) < 4.78 is 11.0. The van der Waals surface area contributed by atoms with E-state index in [1.807, 2.05) is 64.6 Å². The van der Waals surface area contributed by atoms with E-state index in [4.69, 9.17) is 9.47 Å². The zero-order valence-electron chi connectivity index (χ0n) is 28.9. The van der Waals surface area contributed by atoms with E-state index in [2.05, 4.69) is 47.0 Å². The molecule has 4 rings (SSSR count). The van der Waals surface area contributed by atoms with Gasteiger partial charge >= 0.3 is 6.09 Å². The van der Waals surface area contributed by atoms with Gasteiger partial charge in [-0.3, -0.25) is 9.59 Å². The molecule has 1 aromatic carbocycles. The average molecular weight is 632 g/mol. The standard InChI is InChI=1S/C36H49N5O5/c1-11-40(28-15-23(4)41(24(5)16-28)35(44)46-36(7,8)9)31-18-27(26-12-13-32(45-10)37-19-26)17-29(25(31)6)33(42)38-20-30-21(2)14-22(3)39-34(30)43/h12-14,17-19,23-24,28H,11,15-16,20H2,1-10H3,(H,38,42)(H,39,43)/t23-,24?,28?/m1/s1. The maximum Gasteiger partial charge on any atom is 0.410 e. The molecule has 2 N–H and O–H groups in total.